The number of hydrogen-bond acceptors (Lipinski definition) is 5. The summed E-state index contributed by atoms with van der Waals surface area (Å²) in [7, 11) is 1.52. The summed E-state index contributed by atoms with van der Waals surface area (Å²) in [6, 6.07) is 3.85. The zero-order valence-corrected chi connectivity index (χ0v) is 17.1. The number of nitrogens with zero attached hydrogens (tertiary/aromatic N) is 4. The molecule has 8 nitrogen and oxygen atoms in total. The fraction of sp³-hybridized carbons (Fsp3) is 0.476. The molecule has 2 heterocycles. The number of benzene rings is 1. The second kappa shape index (κ2) is 9.09. The van der Waals surface area contributed by atoms with Gasteiger partial charge in [0.25, 0.3) is 5.91 Å². The summed E-state index contributed by atoms with van der Waals surface area (Å²) >= 11 is 0. The van der Waals surface area contributed by atoms with Crippen LogP contribution in [-0.4, -0.2) is 59.2 Å². The van der Waals surface area contributed by atoms with Crippen LogP contribution in [0.5, 0.6) is 0 Å². The molecule has 0 radical (unpaired) electrons. The normalized spacial score (nSPS) is 18.0. The number of likely N-dealkylation sites (tertiary alicyclic amines) is 1. The van der Waals surface area contributed by atoms with Gasteiger partial charge in [0, 0.05) is 20.1 Å². The minimum atomic E-state index is -0.400. The molecule has 1 atom stereocenters. The third-order valence-electron chi connectivity index (χ3n) is 5.63. The van der Waals surface area contributed by atoms with Gasteiger partial charge in [-0.05, 0) is 56.5 Å². The second-order valence-electron chi connectivity index (χ2n) is 7.41. The first kappa shape index (κ1) is 20.9. The molecule has 3 rings (SSSR count). The lowest BCUT2D eigenvalue weighted by molar-refractivity contribution is -0.113. The van der Waals surface area contributed by atoms with E-state index < -0.39 is 5.91 Å². The molecule has 0 bridgehead atoms. The van der Waals surface area contributed by atoms with Crippen molar-refractivity contribution in [2.75, 3.05) is 20.1 Å². The third kappa shape index (κ3) is 4.27. The molecule has 154 valence electrons. The third-order valence-corrected chi connectivity index (χ3v) is 5.63. The van der Waals surface area contributed by atoms with Gasteiger partial charge in [-0.3, -0.25) is 14.5 Å². The molecule has 2 aromatic rings. The Hall–Kier alpha value is -2.87. The maximum absolute atomic E-state index is 12.4. The van der Waals surface area contributed by atoms with Gasteiger partial charge in [-0.1, -0.05) is 6.42 Å². The van der Waals surface area contributed by atoms with Crippen molar-refractivity contribution in [2.24, 2.45) is 4.99 Å². The van der Waals surface area contributed by atoms with Gasteiger partial charge in [-0.15, -0.1) is 0 Å². The van der Waals surface area contributed by atoms with Crippen molar-refractivity contribution < 1.29 is 14.4 Å². The van der Waals surface area contributed by atoms with E-state index in [1.54, 1.807) is 0 Å². The topological polar surface area (TPSA) is 96.7 Å². The van der Waals surface area contributed by atoms with E-state index in [0.717, 1.165) is 48.7 Å². The largest absolute Gasteiger partial charge is 0.354 e. The van der Waals surface area contributed by atoms with Crippen molar-refractivity contribution in [3.8, 4) is 0 Å². The molecule has 1 aliphatic rings. The molecular weight excluding hydrogens is 370 g/mol. The number of nitrogens with one attached hydrogen (secondary N) is 1. The monoisotopic (exact) mass is 397 g/mol. The lowest BCUT2D eigenvalue weighted by Crippen LogP contribution is -2.43. The predicted octanol–water partition coefficient (Wildman–Crippen LogP) is 1.12. The Balaban J connectivity index is 2.15. The van der Waals surface area contributed by atoms with E-state index in [9.17, 15) is 14.4 Å². The van der Waals surface area contributed by atoms with Gasteiger partial charge in [-0.2, -0.15) is 4.99 Å². The molecule has 0 spiro atoms. The molecule has 1 aliphatic heterocycles. The van der Waals surface area contributed by atoms with Gasteiger partial charge in [0.15, 0.2) is 11.2 Å². The van der Waals surface area contributed by atoms with Crippen LogP contribution in [0.25, 0.3) is 11.0 Å². The van der Waals surface area contributed by atoms with Crippen molar-refractivity contribution in [2.45, 2.75) is 45.7 Å². The summed E-state index contributed by atoms with van der Waals surface area (Å²) in [5, 5.41) is 2.57. The number of carbonyl (C=O) groups is 3. The summed E-state index contributed by atoms with van der Waals surface area (Å²) in [6.07, 6.45) is 4.41. The van der Waals surface area contributed by atoms with Crippen LogP contribution in [0.15, 0.2) is 17.1 Å². The van der Waals surface area contributed by atoms with Crippen molar-refractivity contribution in [1.29, 1.82) is 0 Å². The van der Waals surface area contributed by atoms with Crippen LogP contribution >= 0.6 is 0 Å². The number of piperidine rings is 1. The van der Waals surface area contributed by atoms with Crippen molar-refractivity contribution >= 4 is 29.6 Å². The molecule has 1 unspecified atom stereocenters. The van der Waals surface area contributed by atoms with Crippen LogP contribution in [0.1, 0.15) is 40.9 Å². The van der Waals surface area contributed by atoms with Gasteiger partial charge in [-0.25, -0.2) is 4.98 Å². The molecule has 1 N–H and O–H groups in total. The Morgan fingerprint density at radius 1 is 1.24 bits per heavy atom. The molecular formula is C21H27N5O3. The van der Waals surface area contributed by atoms with Crippen molar-refractivity contribution in [3.63, 3.8) is 0 Å². The van der Waals surface area contributed by atoms with Crippen LogP contribution in [-0.2, 0) is 16.1 Å². The lowest BCUT2D eigenvalue weighted by atomic mass is 10.0. The Kier molecular flexibility index (Phi) is 6.53. The minimum absolute atomic E-state index is 0.0914. The van der Waals surface area contributed by atoms with Crippen molar-refractivity contribution in [3.05, 3.63) is 34.4 Å². The number of fused-ring (bicyclic) bond motifs is 1. The van der Waals surface area contributed by atoms with Crippen LogP contribution in [0.3, 0.4) is 0 Å². The molecule has 1 aromatic carbocycles. The average molecular weight is 397 g/mol. The molecule has 0 saturated carbocycles. The molecule has 29 heavy (non-hydrogen) atoms. The first-order chi connectivity index (χ1) is 14.0. The highest BCUT2D eigenvalue weighted by atomic mass is 16.2. The highest BCUT2D eigenvalue weighted by Gasteiger charge is 2.22. The number of rotatable bonds is 6. The zero-order chi connectivity index (χ0) is 21.0. The Morgan fingerprint density at radius 2 is 2.00 bits per heavy atom. The van der Waals surface area contributed by atoms with Gasteiger partial charge >= 0.3 is 0 Å². The van der Waals surface area contributed by atoms with E-state index in [0.29, 0.717) is 25.0 Å². The molecule has 2 amide bonds. The zero-order valence-electron chi connectivity index (χ0n) is 17.1. The molecule has 1 fully saturated rings. The number of carbonyl (C=O) groups excluding carboxylic acids is 3. The van der Waals surface area contributed by atoms with Crippen LogP contribution < -0.4 is 10.8 Å². The summed E-state index contributed by atoms with van der Waals surface area (Å²) in [5.74, 6) is -0.400. The summed E-state index contributed by atoms with van der Waals surface area (Å²) < 4.78 is 1.87. The number of aldehydes is 1. The molecule has 0 aliphatic carbocycles. The van der Waals surface area contributed by atoms with Crippen LogP contribution in [0.4, 0.5) is 0 Å². The highest BCUT2D eigenvalue weighted by molar-refractivity contribution is 5.93. The number of aryl methyl sites for hydroxylation is 2. The number of aromatic nitrogens is 2. The van der Waals surface area contributed by atoms with Crippen molar-refractivity contribution in [1.82, 2.24) is 19.8 Å². The summed E-state index contributed by atoms with van der Waals surface area (Å²) in [5.41, 5.74) is 3.97. The van der Waals surface area contributed by atoms with E-state index in [1.165, 1.54) is 7.05 Å². The van der Waals surface area contributed by atoms with Gasteiger partial charge in [0.05, 0.1) is 17.1 Å². The van der Waals surface area contributed by atoms with E-state index in [2.05, 4.69) is 20.2 Å². The van der Waals surface area contributed by atoms with E-state index >= 15 is 0 Å². The van der Waals surface area contributed by atoms with E-state index in [-0.39, 0.29) is 17.2 Å². The Morgan fingerprint density at radius 3 is 2.69 bits per heavy atom. The molecule has 8 heteroatoms. The van der Waals surface area contributed by atoms with Gasteiger partial charge < -0.3 is 14.7 Å². The first-order valence-corrected chi connectivity index (χ1v) is 9.90. The number of amides is 2. The first-order valence-electron chi connectivity index (χ1n) is 9.90. The van der Waals surface area contributed by atoms with Gasteiger partial charge in [0.1, 0.15) is 6.29 Å². The summed E-state index contributed by atoms with van der Waals surface area (Å²) in [6.45, 7) is 5.96. The lowest BCUT2D eigenvalue weighted by Gasteiger charge is -2.32. The average Bonchev–Trinajstić information content (AvgIpc) is 2.73. The maximum Gasteiger partial charge on any atom is 0.273 e. The van der Waals surface area contributed by atoms with E-state index in [4.69, 9.17) is 0 Å². The number of hydrogen-bond donors (Lipinski definition) is 1. The van der Waals surface area contributed by atoms with Crippen LogP contribution in [0, 0.1) is 13.8 Å². The summed E-state index contributed by atoms with van der Waals surface area (Å²) in [4.78, 5) is 45.8. The van der Waals surface area contributed by atoms with Gasteiger partial charge in [0.2, 0.25) is 6.41 Å². The molecule has 1 aromatic heterocycles. The second-order valence-corrected chi connectivity index (χ2v) is 7.41. The minimum Gasteiger partial charge on any atom is -0.354 e. The fourth-order valence-corrected chi connectivity index (χ4v) is 3.86. The smallest absolute Gasteiger partial charge is 0.273 e. The molecule has 1 saturated heterocycles. The SMILES string of the molecule is CNC(=O)c1nc2cc(C)c(C)cc2n(CCN2CCCCC2C=O)c1=NC=O. The fourth-order valence-electron chi connectivity index (χ4n) is 3.86. The quantitative estimate of drug-likeness (QED) is 0.737. The maximum atomic E-state index is 12.4. The standard InChI is InChI=1S/C21H27N5O3/c1-14-10-17-18(11-15(14)2)26(9-8-25-7-5-4-6-16(25)12-27)20(23-13-28)19(24-17)21(29)22-3/h10-13,16H,4-9H2,1-3H3,(H,22,29). The Bertz CT molecular complexity index is 1010. The predicted molar refractivity (Wildman–Crippen MR) is 110 cm³/mol. The highest BCUT2D eigenvalue weighted by Crippen LogP contribution is 2.19. The Labute approximate surface area is 169 Å². The van der Waals surface area contributed by atoms with E-state index in [1.807, 2.05) is 30.5 Å². The van der Waals surface area contributed by atoms with Crippen LogP contribution in [0.2, 0.25) is 0 Å².